The zero-order valence-corrected chi connectivity index (χ0v) is 8.92. The Bertz CT molecular complexity index is 226. The van der Waals surface area contributed by atoms with Crippen molar-refractivity contribution in [2.24, 2.45) is 11.7 Å². The van der Waals surface area contributed by atoms with Crippen molar-refractivity contribution in [1.29, 1.82) is 0 Å². The van der Waals surface area contributed by atoms with Crippen LogP contribution < -0.4 is 5.73 Å². The predicted molar refractivity (Wildman–Crippen MR) is 57.9 cm³/mol. The van der Waals surface area contributed by atoms with E-state index >= 15 is 0 Å². The van der Waals surface area contributed by atoms with Gasteiger partial charge in [0.05, 0.1) is 0 Å². The molecular formula is C10H17ClN2. The van der Waals surface area contributed by atoms with E-state index in [-0.39, 0.29) is 18.4 Å². The van der Waals surface area contributed by atoms with Crippen LogP contribution in [0.25, 0.3) is 0 Å². The fraction of sp³-hybridized carbons (Fsp3) is 0.500. The maximum atomic E-state index is 6.02. The van der Waals surface area contributed by atoms with Gasteiger partial charge in [0.1, 0.15) is 0 Å². The van der Waals surface area contributed by atoms with Gasteiger partial charge >= 0.3 is 0 Å². The highest BCUT2D eigenvalue weighted by Gasteiger charge is 2.11. The van der Waals surface area contributed by atoms with E-state index in [9.17, 15) is 0 Å². The Kier molecular flexibility index (Phi) is 5.67. The molecule has 0 aliphatic rings. The van der Waals surface area contributed by atoms with Crippen molar-refractivity contribution in [3.05, 3.63) is 30.1 Å². The Labute approximate surface area is 86.0 Å². The van der Waals surface area contributed by atoms with Gasteiger partial charge in [-0.25, -0.2) is 0 Å². The number of nitrogens with zero attached hydrogens (tertiary/aromatic N) is 1. The number of halogens is 1. The zero-order chi connectivity index (χ0) is 8.97. The minimum atomic E-state index is 0. The van der Waals surface area contributed by atoms with Crippen molar-refractivity contribution < 1.29 is 0 Å². The SMILES string of the molecule is CCC(C)[C@@H](N)c1ccncc1.Cl. The van der Waals surface area contributed by atoms with E-state index in [1.165, 1.54) is 5.56 Å². The molecule has 13 heavy (non-hydrogen) atoms. The Balaban J connectivity index is 0.00000144. The minimum absolute atomic E-state index is 0. The first-order valence-electron chi connectivity index (χ1n) is 4.41. The van der Waals surface area contributed by atoms with Crippen molar-refractivity contribution in [2.75, 3.05) is 0 Å². The number of nitrogens with two attached hydrogens (primary N) is 1. The van der Waals surface area contributed by atoms with Gasteiger partial charge in [-0.2, -0.15) is 0 Å². The highest BCUT2D eigenvalue weighted by Crippen LogP contribution is 2.20. The van der Waals surface area contributed by atoms with Crippen molar-refractivity contribution in [2.45, 2.75) is 26.3 Å². The first-order valence-corrected chi connectivity index (χ1v) is 4.41. The maximum Gasteiger partial charge on any atom is 0.0321 e. The van der Waals surface area contributed by atoms with E-state index in [0.717, 1.165) is 6.42 Å². The summed E-state index contributed by atoms with van der Waals surface area (Å²) < 4.78 is 0. The summed E-state index contributed by atoms with van der Waals surface area (Å²) in [6.45, 7) is 4.33. The average Bonchev–Trinajstić information content (AvgIpc) is 2.17. The molecule has 1 aromatic heterocycles. The molecule has 0 fully saturated rings. The third-order valence-corrected chi connectivity index (χ3v) is 2.35. The van der Waals surface area contributed by atoms with E-state index < -0.39 is 0 Å². The number of pyridine rings is 1. The fourth-order valence-electron chi connectivity index (χ4n) is 1.17. The molecule has 0 aliphatic carbocycles. The summed E-state index contributed by atoms with van der Waals surface area (Å²) in [4.78, 5) is 3.96. The molecule has 0 aromatic carbocycles. The van der Waals surface area contributed by atoms with Crippen molar-refractivity contribution >= 4 is 12.4 Å². The molecule has 0 bridgehead atoms. The van der Waals surface area contributed by atoms with Gasteiger partial charge in [-0.3, -0.25) is 4.98 Å². The van der Waals surface area contributed by atoms with Crippen molar-refractivity contribution in [1.82, 2.24) is 4.98 Å². The summed E-state index contributed by atoms with van der Waals surface area (Å²) in [6.07, 6.45) is 4.69. The average molecular weight is 201 g/mol. The van der Waals surface area contributed by atoms with Crippen molar-refractivity contribution in [3.8, 4) is 0 Å². The quantitative estimate of drug-likeness (QED) is 0.815. The molecule has 0 amide bonds. The van der Waals surface area contributed by atoms with Gasteiger partial charge in [-0.05, 0) is 23.6 Å². The van der Waals surface area contributed by atoms with Crippen LogP contribution in [0.4, 0.5) is 0 Å². The highest BCUT2D eigenvalue weighted by atomic mass is 35.5. The lowest BCUT2D eigenvalue weighted by Gasteiger charge is -2.17. The standard InChI is InChI=1S/C10H16N2.ClH/c1-3-8(2)10(11)9-4-6-12-7-5-9;/h4-8,10H,3,11H2,1-2H3;1H/t8?,10-;/m1./s1. The first-order chi connectivity index (χ1) is 5.75. The van der Waals surface area contributed by atoms with Crippen LogP contribution in [0.15, 0.2) is 24.5 Å². The van der Waals surface area contributed by atoms with Gasteiger partial charge < -0.3 is 5.73 Å². The number of rotatable bonds is 3. The summed E-state index contributed by atoms with van der Waals surface area (Å²) in [5, 5.41) is 0. The normalized spacial score (nSPS) is 14.4. The Hall–Kier alpha value is -0.600. The third kappa shape index (κ3) is 3.33. The molecule has 74 valence electrons. The van der Waals surface area contributed by atoms with Crippen LogP contribution in [0, 0.1) is 5.92 Å². The predicted octanol–water partition coefficient (Wildman–Crippen LogP) is 2.55. The van der Waals surface area contributed by atoms with Crippen LogP contribution in [0.1, 0.15) is 31.9 Å². The molecule has 0 saturated carbocycles. The number of hydrogen-bond acceptors (Lipinski definition) is 2. The van der Waals surface area contributed by atoms with Gasteiger partial charge in [0, 0.05) is 18.4 Å². The van der Waals surface area contributed by atoms with E-state index in [1.807, 2.05) is 12.1 Å². The molecule has 0 aliphatic heterocycles. The Morgan fingerprint density at radius 3 is 2.38 bits per heavy atom. The minimum Gasteiger partial charge on any atom is -0.324 e. The van der Waals surface area contributed by atoms with Gasteiger partial charge in [0.15, 0.2) is 0 Å². The molecule has 0 spiro atoms. The second kappa shape index (κ2) is 5.95. The molecule has 1 rings (SSSR count). The summed E-state index contributed by atoms with van der Waals surface area (Å²) >= 11 is 0. The fourth-order valence-corrected chi connectivity index (χ4v) is 1.17. The van der Waals surface area contributed by atoms with Crippen LogP contribution in [-0.4, -0.2) is 4.98 Å². The molecule has 0 saturated heterocycles. The van der Waals surface area contributed by atoms with E-state index in [2.05, 4.69) is 18.8 Å². The summed E-state index contributed by atoms with van der Waals surface area (Å²) in [5.41, 5.74) is 7.20. The van der Waals surface area contributed by atoms with E-state index in [4.69, 9.17) is 5.73 Å². The third-order valence-electron chi connectivity index (χ3n) is 2.35. The van der Waals surface area contributed by atoms with Gasteiger partial charge in [0.25, 0.3) is 0 Å². The first kappa shape index (κ1) is 12.4. The lowest BCUT2D eigenvalue weighted by atomic mass is 9.94. The summed E-state index contributed by atoms with van der Waals surface area (Å²) in [6, 6.07) is 4.12. The molecular weight excluding hydrogens is 184 g/mol. The van der Waals surface area contributed by atoms with E-state index in [1.54, 1.807) is 12.4 Å². The molecule has 1 unspecified atom stereocenters. The summed E-state index contributed by atoms with van der Waals surface area (Å²) in [7, 11) is 0. The van der Waals surface area contributed by atoms with Crippen LogP contribution >= 0.6 is 12.4 Å². The number of aromatic nitrogens is 1. The molecule has 2 atom stereocenters. The monoisotopic (exact) mass is 200 g/mol. The lowest BCUT2D eigenvalue weighted by molar-refractivity contribution is 0.456. The largest absolute Gasteiger partial charge is 0.324 e. The van der Waals surface area contributed by atoms with Crippen LogP contribution in [0.5, 0.6) is 0 Å². The topological polar surface area (TPSA) is 38.9 Å². The molecule has 3 heteroatoms. The van der Waals surface area contributed by atoms with Crippen LogP contribution in [0.2, 0.25) is 0 Å². The Morgan fingerprint density at radius 1 is 1.38 bits per heavy atom. The smallest absolute Gasteiger partial charge is 0.0321 e. The van der Waals surface area contributed by atoms with Crippen molar-refractivity contribution in [3.63, 3.8) is 0 Å². The van der Waals surface area contributed by atoms with Crippen LogP contribution in [0.3, 0.4) is 0 Å². The van der Waals surface area contributed by atoms with E-state index in [0.29, 0.717) is 5.92 Å². The van der Waals surface area contributed by atoms with Gasteiger partial charge in [0.2, 0.25) is 0 Å². The Morgan fingerprint density at radius 2 is 1.92 bits per heavy atom. The second-order valence-electron chi connectivity index (χ2n) is 3.19. The lowest BCUT2D eigenvalue weighted by Crippen LogP contribution is -2.18. The highest BCUT2D eigenvalue weighted by molar-refractivity contribution is 5.85. The second-order valence-corrected chi connectivity index (χ2v) is 3.19. The molecule has 1 aromatic rings. The molecule has 2 nitrogen and oxygen atoms in total. The molecule has 1 heterocycles. The van der Waals surface area contributed by atoms with Gasteiger partial charge in [-0.15, -0.1) is 12.4 Å². The number of hydrogen-bond donors (Lipinski definition) is 1. The zero-order valence-electron chi connectivity index (χ0n) is 8.10. The van der Waals surface area contributed by atoms with Crippen LogP contribution in [-0.2, 0) is 0 Å². The maximum absolute atomic E-state index is 6.02. The summed E-state index contributed by atoms with van der Waals surface area (Å²) in [5.74, 6) is 0.535. The molecule has 0 radical (unpaired) electrons. The van der Waals surface area contributed by atoms with Gasteiger partial charge in [-0.1, -0.05) is 20.3 Å². The molecule has 2 N–H and O–H groups in total.